The Morgan fingerprint density at radius 1 is 1.35 bits per heavy atom. The van der Waals surface area contributed by atoms with Crippen molar-refractivity contribution in [3.05, 3.63) is 24.3 Å². The summed E-state index contributed by atoms with van der Waals surface area (Å²) in [5, 5.41) is 4.36. The first-order valence-corrected chi connectivity index (χ1v) is 5.65. The molecule has 0 saturated carbocycles. The van der Waals surface area contributed by atoms with Crippen molar-refractivity contribution in [1.29, 1.82) is 0 Å². The zero-order valence-electron chi connectivity index (χ0n) is 8.88. The lowest BCUT2D eigenvalue weighted by molar-refractivity contribution is 0.433. The molecule has 3 aromatic heterocycles. The Balaban J connectivity index is 2.03. The van der Waals surface area contributed by atoms with E-state index < -0.39 is 0 Å². The van der Waals surface area contributed by atoms with Gasteiger partial charge in [0.2, 0.25) is 5.82 Å². The number of hydrogen-bond acceptors (Lipinski definition) is 7. The van der Waals surface area contributed by atoms with Crippen molar-refractivity contribution in [3.8, 4) is 22.2 Å². The highest BCUT2D eigenvalue weighted by molar-refractivity contribution is 7.18. The second-order valence-electron chi connectivity index (χ2n) is 3.40. The minimum atomic E-state index is 0.424. The molecule has 0 saturated heterocycles. The molecular weight excluding hydrogens is 240 g/mol. The zero-order chi connectivity index (χ0) is 11.8. The smallest absolute Gasteiger partial charge is 0.270 e. The molecule has 0 aliphatic rings. The maximum Gasteiger partial charge on any atom is 0.270 e. The highest BCUT2D eigenvalue weighted by atomic mass is 32.1. The summed E-state index contributed by atoms with van der Waals surface area (Å²) >= 11 is 1.33. The summed E-state index contributed by atoms with van der Waals surface area (Å²) in [6, 6.07) is 1.77. The lowest BCUT2D eigenvalue weighted by Crippen LogP contribution is -1.81. The van der Waals surface area contributed by atoms with Gasteiger partial charge in [-0.2, -0.15) is 4.98 Å². The van der Waals surface area contributed by atoms with E-state index in [0.717, 1.165) is 16.1 Å². The molecule has 3 aromatic rings. The van der Waals surface area contributed by atoms with Gasteiger partial charge in [0, 0.05) is 0 Å². The minimum absolute atomic E-state index is 0.424. The van der Waals surface area contributed by atoms with E-state index in [9.17, 15) is 0 Å². The molecule has 0 aliphatic carbocycles. The fourth-order valence-corrected chi connectivity index (χ4v) is 2.20. The molecular formula is C10H8N4O2S. The fraction of sp³-hybridized carbons (Fsp3) is 0.100. The van der Waals surface area contributed by atoms with Crippen molar-refractivity contribution in [2.75, 3.05) is 5.73 Å². The topological polar surface area (TPSA) is 91.0 Å². The first-order valence-electron chi connectivity index (χ1n) is 4.83. The summed E-state index contributed by atoms with van der Waals surface area (Å²) in [7, 11) is 0. The Labute approximate surface area is 100 Å². The molecule has 6 nitrogen and oxygen atoms in total. The van der Waals surface area contributed by atoms with Crippen molar-refractivity contribution in [2.45, 2.75) is 6.92 Å². The maximum atomic E-state index is 5.62. The van der Waals surface area contributed by atoms with E-state index in [0.29, 0.717) is 16.8 Å². The normalized spacial score (nSPS) is 10.9. The molecule has 3 rings (SSSR count). The van der Waals surface area contributed by atoms with Crippen molar-refractivity contribution in [1.82, 2.24) is 15.1 Å². The van der Waals surface area contributed by atoms with Crippen LogP contribution < -0.4 is 5.73 Å². The monoisotopic (exact) mass is 248 g/mol. The zero-order valence-corrected chi connectivity index (χ0v) is 9.69. The van der Waals surface area contributed by atoms with Crippen LogP contribution in [0.2, 0.25) is 0 Å². The fourth-order valence-electron chi connectivity index (χ4n) is 1.44. The predicted octanol–water partition coefficient (Wildman–Crippen LogP) is 2.34. The number of nitrogens with two attached hydrogens (primary N) is 1. The molecule has 0 aliphatic heterocycles. The molecule has 17 heavy (non-hydrogen) atoms. The number of aromatic nitrogens is 3. The van der Waals surface area contributed by atoms with Gasteiger partial charge in [0.05, 0.1) is 17.5 Å². The molecule has 3 heterocycles. The van der Waals surface area contributed by atoms with Crippen LogP contribution in [-0.2, 0) is 0 Å². The number of nitrogens with zero attached hydrogens (tertiary/aromatic N) is 3. The standard InChI is InChI=1S/C10H8N4O2S/c1-5-7(17-10(11)12-5)9-13-8(14-16-9)6-2-3-15-4-6/h2-4H,1H3,(H2,11,12). The second kappa shape index (κ2) is 3.70. The van der Waals surface area contributed by atoms with Gasteiger partial charge in [-0.1, -0.05) is 16.5 Å². The third-order valence-electron chi connectivity index (χ3n) is 2.21. The van der Waals surface area contributed by atoms with Crippen LogP contribution in [0.15, 0.2) is 27.5 Å². The van der Waals surface area contributed by atoms with E-state index >= 15 is 0 Å². The molecule has 2 N–H and O–H groups in total. The molecule has 0 atom stereocenters. The summed E-state index contributed by atoms with van der Waals surface area (Å²) in [4.78, 5) is 9.18. The molecule has 7 heteroatoms. The van der Waals surface area contributed by atoms with Crippen LogP contribution in [0.5, 0.6) is 0 Å². The van der Waals surface area contributed by atoms with E-state index in [1.165, 1.54) is 11.3 Å². The highest BCUT2D eigenvalue weighted by Crippen LogP contribution is 2.31. The summed E-state index contributed by atoms with van der Waals surface area (Å²) in [5.41, 5.74) is 7.18. The largest absolute Gasteiger partial charge is 0.472 e. The summed E-state index contributed by atoms with van der Waals surface area (Å²) in [6.45, 7) is 1.85. The van der Waals surface area contributed by atoms with Crippen LogP contribution in [0.25, 0.3) is 22.2 Å². The molecule has 0 amide bonds. The number of anilines is 1. The lowest BCUT2D eigenvalue weighted by atomic mass is 10.3. The van der Waals surface area contributed by atoms with Crippen LogP contribution in [-0.4, -0.2) is 15.1 Å². The molecule has 0 fully saturated rings. The van der Waals surface area contributed by atoms with E-state index in [1.54, 1.807) is 18.6 Å². The molecule has 86 valence electrons. The predicted molar refractivity (Wildman–Crippen MR) is 62.3 cm³/mol. The molecule has 0 unspecified atom stereocenters. The van der Waals surface area contributed by atoms with Gasteiger partial charge in [-0.25, -0.2) is 4.98 Å². The Morgan fingerprint density at radius 2 is 2.24 bits per heavy atom. The number of nitrogen functional groups attached to an aromatic ring is 1. The first kappa shape index (κ1) is 10.0. The van der Waals surface area contributed by atoms with Gasteiger partial charge >= 0.3 is 0 Å². The van der Waals surface area contributed by atoms with Gasteiger partial charge in [0.25, 0.3) is 5.89 Å². The Bertz CT molecular complexity index is 641. The molecule has 0 spiro atoms. The lowest BCUT2D eigenvalue weighted by Gasteiger charge is -1.86. The van der Waals surface area contributed by atoms with Crippen LogP contribution in [0.1, 0.15) is 5.69 Å². The number of furan rings is 1. The Kier molecular flexibility index (Phi) is 2.19. The Morgan fingerprint density at radius 3 is 2.88 bits per heavy atom. The third kappa shape index (κ3) is 1.70. The van der Waals surface area contributed by atoms with Crippen molar-refractivity contribution in [3.63, 3.8) is 0 Å². The maximum absolute atomic E-state index is 5.62. The molecule has 0 radical (unpaired) electrons. The van der Waals surface area contributed by atoms with Gasteiger partial charge < -0.3 is 14.7 Å². The van der Waals surface area contributed by atoms with E-state index in [2.05, 4.69) is 15.1 Å². The average molecular weight is 248 g/mol. The minimum Gasteiger partial charge on any atom is -0.472 e. The number of thiazole rings is 1. The Hall–Kier alpha value is -2.15. The summed E-state index contributed by atoms with van der Waals surface area (Å²) < 4.78 is 10.1. The number of hydrogen-bond donors (Lipinski definition) is 1. The first-order chi connectivity index (χ1) is 8.24. The van der Waals surface area contributed by atoms with Crippen LogP contribution in [0, 0.1) is 6.92 Å². The van der Waals surface area contributed by atoms with Gasteiger partial charge in [-0.3, -0.25) is 0 Å². The number of aryl methyl sites for hydroxylation is 1. The number of rotatable bonds is 2. The second-order valence-corrected chi connectivity index (χ2v) is 4.43. The molecule has 0 bridgehead atoms. The van der Waals surface area contributed by atoms with E-state index in [1.807, 2.05) is 6.92 Å². The SMILES string of the molecule is Cc1nc(N)sc1-c1nc(-c2ccoc2)no1. The molecule has 0 aromatic carbocycles. The third-order valence-corrected chi connectivity index (χ3v) is 3.19. The average Bonchev–Trinajstić information content (AvgIpc) is 2.97. The van der Waals surface area contributed by atoms with Gasteiger partial charge in [-0.05, 0) is 13.0 Å². The van der Waals surface area contributed by atoms with Crippen molar-refractivity contribution >= 4 is 16.5 Å². The van der Waals surface area contributed by atoms with Crippen molar-refractivity contribution < 1.29 is 8.94 Å². The summed E-state index contributed by atoms with van der Waals surface area (Å²) in [6.07, 6.45) is 3.11. The van der Waals surface area contributed by atoms with E-state index in [-0.39, 0.29) is 0 Å². The van der Waals surface area contributed by atoms with Crippen LogP contribution in [0.4, 0.5) is 5.13 Å². The summed E-state index contributed by atoms with van der Waals surface area (Å²) in [5.74, 6) is 0.910. The van der Waals surface area contributed by atoms with E-state index in [4.69, 9.17) is 14.7 Å². The quantitative estimate of drug-likeness (QED) is 0.748. The van der Waals surface area contributed by atoms with Gasteiger partial charge in [-0.15, -0.1) is 0 Å². The van der Waals surface area contributed by atoms with Crippen molar-refractivity contribution in [2.24, 2.45) is 0 Å². The highest BCUT2D eigenvalue weighted by Gasteiger charge is 2.16. The van der Waals surface area contributed by atoms with Gasteiger partial charge in [0.15, 0.2) is 5.13 Å². The van der Waals surface area contributed by atoms with Crippen LogP contribution >= 0.6 is 11.3 Å². The van der Waals surface area contributed by atoms with Crippen LogP contribution in [0.3, 0.4) is 0 Å². The van der Waals surface area contributed by atoms with Gasteiger partial charge in [0.1, 0.15) is 11.1 Å².